The highest BCUT2D eigenvalue weighted by Crippen LogP contribution is 2.36. The van der Waals surface area contributed by atoms with E-state index in [1.54, 1.807) is 12.1 Å². The number of benzene rings is 2. The van der Waals surface area contributed by atoms with Crippen molar-refractivity contribution in [2.75, 3.05) is 12.5 Å². The maximum absolute atomic E-state index is 11.9. The smallest absolute Gasteiger partial charge is 0.257 e. The van der Waals surface area contributed by atoms with Crippen LogP contribution in [0.3, 0.4) is 0 Å². The summed E-state index contributed by atoms with van der Waals surface area (Å²) in [6.07, 6.45) is 1.54. The molecule has 0 saturated carbocycles. The molecule has 1 amide bonds. The van der Waals surface area contributed by atoms with Crippen molar-refractivity contribution in [1.82, 2.24) is 10.4 Å². The molecule has 7 nitrogen and oxygen atoms in total. The molecule has 2 aromatic carbocycles. The lowest BCUT2D eigenvalue weighted by atomic mass is 10.2. The number of hydrogen-bond donors (Lipinski definition) is 1. The van der Waals surface area contributed by atoms with Crippen LogP contribution in [0.25, 0.3) is 11.1 Å². The number of oxazole rings is 1. The second-order valence-corrected chi connectivity index (χ2v) is 7.04. The largest absolute Gasteiger partial charge is 0.454 e. The van der Waals surface area contributed by atoms with E-state index in [4.69, 9.17) is 13.9 Å². The lowest BCUT2D eigenvalue weighted by molar-refractivity contribution is -0.118. The van der Waals surface area contributed by atoms with E-state index in [0.29, 0.717) is 22.3 Å². The van der Waals surface area contributed by atoms with Gasteiger partial charge in [0.25, 0.3) is 11.1 Å². The average molecular weight is 434 g/mol. The van der Waals surface area contributed by atoms with E-state index in [2.05, 4.69) is 31.4 Å². The van der Waals surface area contributed by atoms with Crippen molar-refractivity contribution in [1.29, 1.82) is 0 Å². The van der Waals surface area contributed by atoms with Crippen molar-refractivity contribution >= 4 is 50.9 Å². The Morgan fingerprint density at radius 3 is 2.96 bits per heavy atom. The van der Waals surface area contributed by atoms with Gasteiger partial charge in [0.1, 0.15) is 5.52 Å². The Morgan fingerprint density at radius 1 is 1.31 bits per heavy atom. The number of carbonyl (C=O) groups excluding carboxylic acids is 1. The summed E-state index contributed by atoms with van der Waals surface area (Å²) < 4.78 is 17.0. The molecule has 1 aromatic heterocycles. The monoisotopic (exact) mass is 433 g/mol. The second-order valence-electron chi connectivity index (χ2n) is 5.26. The Hall–Kier alpha value is -2.52. The van der Waals surface area contributed by atoms with Crippen molar-refractivity contribution in [3.05, 3.63) is 46.4 Å². The van der Waals surface area contributed by atoms with Crippen molar-refractivity contribution in [3.63, 3.8) is 0 Å². The molecule has 0 atom stereocenters. The van der Waals surface area contributed by atoms with Gasteiger partial charge in [0.2, 0.25) is 6.79 Å². The maximum atomic E-state index is 11.9. The first kappa shape index (κ1) is 16.9. The molecule has 0 spiro atoms. The van der Waals surface area contributed by atoms with E-state index in [-0.39, 0.29) is 18.5 Å². The molecule has 0 fully saturated rings. The predicted octanol–water partition coefficient (Wildman–Crippen LogP) is 3.56. The summed E-state index contributed by atoms with van der Waals surface area (Å²) in [5.74, 6) is 1.21. The molecule has 9 heteroatoms. The summed E-state index contributed by atoms with van der Waals surface area (Å²) in [5.41, 5.74) is 4.70. The molecule has 3 aromatic rings. The van der Waals surface area contributed by atoms with Crippen molar-refractivity contribution < 1.29 is 18.7 Å². The van der Waals surface area contributed by atoms with Gasteiger partial charge in [-0.2, -0.15) is 5.10 Å². The van der Waals surface area contributed by atoms with Gasteiger partial charge in [0, 0.05) is 10.0 Å². The summed E-state index contributed by atoms with van der Waals surface area (Å²) in [7, 11) is 0. The first-order valence-corrected chi connectivity index (χ1v) is 9.36. The van der Waals surface area contributed by atoms with E-state index in [0.717, 1.165) is 15.6 Å². The van der Waals surface area contributed by atoms with Crippen LogP contribution < -0.4 is 14.9 Å². The zero-order valence-electron chi connectivity index (χ0n) is 13.3. The van der Waals surface area contributed by atoms with Gasteiger partial charge in [-0.1, -0.05) is 23.9 Å². The van der Waals surface area contributed by atoms with Crippen LogP contribution in [0.1, 0.15) is 5.56 Å². The third-order valence-electron chi connectivity index (χ3n) is 3.49. The number of thioether (sulfide) groups is 1. The lowest BCUT2D eigenvalue weighted by Crippen LogP contribution is -2.19. The summed E-state index contributed by atoms with van der Waals surface area (Å²) in [6, 6.07) is 11.0. The quantitative estimate of drug-likeness (QED) is 0.376. The van der Waals surface area contributed by atoms with Crippen LogP contribution in [-0.4, -0.2) is 29.7 Å². The van der Waals surface area contributed by atoms with E-state index in [1.165, 1.54) is 18.0 Å². The van der Waals surface area contributed by atoms with Gasteiger partial charge in [-0.25, -0.2) is 10.4 Å². The highest BCUT2D eigenvalue weighted by atomic mass is 79.9. The van der Waals surface area contributed by atoms with Crippen LogP contribution in [0.4, 0.5) is 0 Å². The molecule has 1 N–H and O–H groups in total. The molecule has 2 heterocycles. The number of hydrogen-bond acceptors (Lipinski definition) is 7. The van der Waals surface area contributed by atoms with Crippen LogP contribution >= 0.6 is 27.7 Å². The molecule has 4 rings (SSSR count). The van der Waals surface area contributed by atoms with Gasteiger partial charge in [0.15, 0.2) is 17.1 Å². The molecule has 0 bridgehead atoms. The predicted molar refractivity (Wildman–Crippen MR) is 101 cm³/mol. The van der Waals surface area contributed by atoms with Crippen molar-refractivity contribution in [3.8, 4) is 11.5 Å². The van der Waals surface area contributed by atoms with E-state index in [9.17, 15) is 4.79 Å². The number of hydrazone groups is 1. The third-order valence-corrected chi connectivity index (χ3v) is 5.00. The Labute approximate surface area is 160 Å². The van der Waals surface area contributed by atoms with Gasteiger partial charge >= 0.3 is 0 Å². The van der Waals surface area contributed by atoms with Crippen LogP contribution in [0, 0.1) is 0 Å². The van der Waals surface area contributed by atoms with Gasteiger partial charge in [-0.3, -0.25) is 4.79 Å². The normalized spacial score (nSPS) is 12.8. The molecule has 26 heavy (non-hydrogen) atoms. The summed E-state index contributed by atoms with van der Waals surface area (Å²) in [6.45, 7) is 0.201. The highest BCUT2D eigenvalue weighted by Gasteiger charge is 2.15. The van der Waals surface area contributed by atoms with Crippen molar-refractivity contribution in [2.24, 2.45) is 5.10 Å². The number of nitrogens with one attached hydrogen (secondary N) is 1. The lowest BCUT2D eigenvalue weighted by Gasteiger charge is -2.02. The number of carbonyl (C=O) groups is 1. The Kier molecular flexibility index (Phi) is 4.81. The fraction of sp³-hybridized carbons (Fsp3) is 0.118. The zero-order valence-corrected chi connectivity index (χ0v) is 15.7. The number of ether oxygens (including phenoxy) is 2. The summed E-state index contributed by atoms with van der Waals surface area (Å²) >= 11 is 4.64. The Morgan fingerprint density at radius 2 is 2.12 bits per heavy atom. The molecule has 0 unspecified atom stereocenters. The molecule has 0 radical (unpaired) electrons. The van der Waals surface area contributed by atoms with Gasteiger partial charge in [0.05, 0.1) is 12.0 Å². The minimum atomic E-state index is -0.259. The second kappa shape index (κ2) is 7.38. The molecule has 0 saturated heterocycles. The Balaban J connectivity index is 1.33. The fourth-order valence-corrected chi connectivity index (χ4v) is 3.33. The van der Waals surface area contributed by atoms with Crippen LogP contribution in [-0.2, 0) is 4.79 Å². The molecule has 1 aliphatic heterocycles. The van der Waals surface area contributed by atoms with Gasteiger partial charge < -0.3 is 13.9 Å². The van der Waals surface area contributed by atoms with E-state index >= 15 is 0 Å². The topological polar surface area (TPSA) is 86.0 Å². The van der Waals surface area contributed by atoms with Gasteiger partial charge in [-0.15, -0.1) is 0 Å². The average Bonchev–Trinajstić information content (AvgIpc) is 3.25. The van der Waals surface area contributed by atoms with Crippen LogP contribution in [0.2, 0.25) is 0 Å². The maximum Gasteiger partial charge on any atom is 0.257 e. The minimum Gasteiger partial charge on any atom is -0.454 e. The van der Waals surface area contributed by atoms with Crippen LogP contribution in [0.15, 0.2) is 55.6 Å². The van der Waals surface area contributed by atoms with E-state index in [1.807, 2.05) is 24.3 Å². The molecular formula is C17H12BrN3O4S. The number of fused-ring (bicyclic) bond motifs is 2. The molecular weight excluding hydrogens is 422 g/mol. The fourth-order valence-electron chi connectivity index (χ4n) is 2.28. The number of rotatable bonds is 5. The van der Waals surface area contributed by atoms with Crippen LogP contribution in [0.5, 0.6) is 11.5 Å². The molecule has 0 aliphatic carbocycles. The first-order chi connectivity index (χ1) is 12.7. The minimum absolute atomic E-state index is 0.145. The standard InChI is InChI=1S/C17H12BrN3O4S/c18-11-6-15-14(23-9-24-15)5-10(11)7-19-21-16(22)8-26-17-20-12-3-1-2-4-13(12)25-17/h1-7H,8-9H2,(H,21,22)/b19-7-. The number of amides is 1. The molecule has 1 aliphatic rings. The SMILES string of the molecule is O=C(CSc1nc2ccccc2o1)N/N=C\c1cc2c(cc1Br)OCO2. The van der Waals surface area contributed by atoms with Gasteiger partial charge in [-0.05, 0) is 40.2 Å². The number of aromatic nitrogens is 1. The third kappa shape index (κ3) is 3.68. The number of nitrogens with zero attached hydrogens (tertiary/aromatic N) is 2. The number of halogens is 1. The highest BCUT2D eigenvalue weighted by molar-refractivity contribution is 9.10. The summed E-state index contributed by atoms with van der Waals surface area (Å²) in [4.78, 5) is 16.2. The Bertz CT molecular complexity index is 972. The summed E-state index contributed by atoms with van der Waals surface area (Å²) in [5, 5.41) is 4.42. The first-order valence-electron chi connectivity index (χ1n) is 7.58. The molecule has 132 valence electrons. The zero-order chi connectivity index (χ0) is 17.9. The van der Waals surface area contributed by atoms with Crippen molar-refractivity contribution in [2.45, 2.75) is 5.22 Å². The number of para-hydroxylation sites is 2. The van der Waals surface area contributed by atoms with E-state index < -0.39 is 0 Å².